The lowest BCUT2D eigenvalue weighted by atomic mass is 10.1. The van der Waals surface area contributed by atoms with Crippen LogP contribution in [0.5, 0.6) is 0 Å². The molecular weight excluding hydrogens is 206 g/mol. The Labute approximate surface area is 93.3 Å². The van der Waals surface area contributed by atoms with Crippen LogP contribution in [0.4, 0.5) is 5.69 Å². The molecule has 0 aliphatic heterocycles. The molecule has 2 rings (SSSR count). The fraction of sp³-hybridized carbons (Fsp3) is 0.0909. The third kappa shape index (κ3) is 1.89. The third-order valence-electron chi connectivity index (χ3n) is 2.24. The van der Waals surface area contributed by atoms with E-state index in [0.717, 1.165) is 22.2 Å². The predicted octanol–water partition coefficient (Wildman–Crippen LogP) is 2.20. The number of rotatable bonds is 1. The van der Waals surface area contributed by atoms with Crippen LogP contribution in [-0.2, 0) is 0 Å². The quantitative estimate of drug-likeness (QED) is 0.719. The minimum Gasteiger partial charge on any atom is -0.376 e. The first kappa shape index (κ1) is 9.86. The number of aryl methyl sites for hydroxylation is 1. The lowest BCUT2D eigenvalue weighted by Crippen LogP contribution is -2.19. The minimum atomic E-state index is 0.269. The molecule has 2 aromatic rings. The number of fused-ring (bicyclic) bond motifs is 1. The molecule has 3 nitrogen and oxygen atoms in total. The van der Waals surface area contributed by atoms with Crippen molar-refractivity contribution in [2.75, 3.05) is 5.32 Å². The van der Waals surface area contributed by atoms with Gasteiger partial charge in [-0.25, -0.2) is 0 Å². The number of hydrogen-bond donors (Lipinski definition) is 2. The molecule has 1 heterocycles. The van der Waals surface area contributed by atoms with E-state index < -0.39 is 0 Å². The molecule has 0 amide bonds. The Morgan fingerprint density at radius 1 is 1.40 bits per heavy atom. The first-order valence-electron chi connectivity index (χ1n) is 4.59. The summed E-state index contributed by atoms with van der Waals surface area (Å²) in [5.74, 6) is 0. The summed E-state index contributed by atoms with van der Waals surface area (Å²) in [6.45, 7) is 1.97. The number of thiocarbonyl (C=S) groups is 1. The SMILES string of the molecule is Cc1nccc2cccc(NC(N)=S)c12. The standard InChI is InChI=1S/C11H11N3S/c1-7-10-8(5-6-13-7)3-2-4-9(10)14-11(12)15/h2-6H,1H3,(H3,12,14,15). The van der Waals surface area contributed by atoms with Gasteiger partial charge in [0.15, 0.2) is 5.11 Å². The highest BCUT2D eigenvalue weighted by atomic mass is 32.1. The first-order valence-corrected chi connectivity index (χ1v) is 5.00. The Morgan fingerprint density at radius 3 is 2.93 bits per heavy atom. The molecule has 0 radical (unpaired) electrons. The number of benzene rings is 1. The van der Waals surface area contributed by atoms with E-state index in [0.29, 0.717) is 0 Å². The predicted molar refractivity (Wildman–Crippen MR) is 66.9 cm³/mol. The fourth-order valence-electron chi connectivity index (χ4n) is 1.64. The minimum absolute atomic E-state index is 0.269. The second-order valence-electron chi connectivity index (χ2n) is 3.29. The summed E-state index contributed by atoms with van der Waals surface area (Å²) in [6, 6.07) is 7.90. The average molecular weight is 217 g/mol. The van der Waals surface area contributed by atoms with Crippen LogP contribution >= 0.6 is 12.2 Å². The van der Waals surface area contributed by atoms with Gasteiger partial charge in [0, 0.05) is 23.0 Å². The Hall–Kier alpha value is -1.68. The second kappa shape index (κ2) is 3.82. The van der Waals surface area contributed by atoms with Crippen LogP contribution in [0.15, 0.2) is 30.5 Å². The van der Waals surface area contributed by atoms with Gasteiger partial charge in [-0.1, -0.05) is 12.1 Å². The van der Waals surface area contributed by atoms with E-state index in [1.807, 2.05) is 31.2 Å². The van der Waals surface area contributed by atoms with Crippen LogP contribution < -0.4 is 11.1 Å². The highest BCUT2D eigenvalue weighted by Gasteiger charge is 2.04. The number of aromatic nitrogens is 1. The van der Waals surface area contributed by atoms with Crippen LogP contribution in [0.2, 0.25) is 0 Å². The summed E-state index contributed by atoms with van der Waals surface area (Å²) >= 11 is 4.83. The summed E-state index contributed by atoms with van der Waals surface area (Å²) in [5.41, 5.74) is 7.34. The van der Waals surface area contributed by atoms with Gasteiger partial charge in [-0.2, -0.15) is 0 Å². The van der Waals surface area contributed by atoms with E-state index in [2.05, 4.69) is 10.3 Å². The van der Waals surface area contributed by atoms with E-state index in [1.54, 1.807) is 6.20 Å². The smallest absolute Gasteiger partial charge is 0.168 e. The molecule has 0 aliphatic carbocycles. The van der Waals surface area contributed by atoms with E-state index in [9.17, 15) is 0 Å². The summed E-state index contributed by atoms with van der Waals surface area (Å²) < 4.78 is 0. The van der Waals surface area contributed by atoms with Gasteiger partial charge in [0.25, 0.3) is 0 Å². The number of hydrogen-bond acceptors (Lipinski definition) is 2. The van der Waals surface area contributed by atoms with Crippen molar-refractivity contribution in [3.05, 3.63) is 36.2 Å². The van der Waals surface area contributed by atoms with Crippen molar-refractivity contribution < 1.29 is 0 Å². The topological polar surface area (TPSA) is 50.9 Å². The van der Waals surface area contributed by atoms with Crippen LogP contribution in [0.25, 0.3) is 10.8 Å². The maximum atomic E-state index is 5.47. The lowest BCUT2D eigenvalue weighted by Gasteiger charge is -2.09. The van der Waals surface area contributed by atoms with E-state index in [-0.39, 0.29) is 5.11 Å². The van der Waals surface area contributed by atoms with Gasteiger partial charge in [0.1, 0.15) is 0 Å². The van der Waals surface area contributed by atoms with Gasteiger partial charge in [-0.15, -0.1) is 0 Å². The zero-order valence-corrected chi connectivity index (χ0v) is 9.14. The lowest BCUT2D eigenvalue weighted by molar-refractivity contribution is 1.24. The number of nitrogens with two attached hydrogens (primary N) is 1. The Balaban J connectivity index is 2.68. The average Bonchev–Trinajstić information content (AvgIpc) is 2.17. The molecule has 1 aromatic heterocycles. The number of nitrogens with one attached hydrogen (secondary N) is 1. The van der Waals surface area contributed by atoms with Crippen LogP contribution in [-0.4, -0.2) is 10.1 Å². The molecule has 0 fully saturated rings. The van der Waals surface area contributed by atoms with Crippen molar-refractivity contribution >= 4 is 33.8 Å². The van der Waals surface area contributed by atoms with E-state index in [1.165, 1.54) is 0 Å². The number of nitrogens with zero attached hydrogens (tertiary/aromatic N) is 1. The van der Waals surface area contributed by atoms with Gasteiger partial charge in [0.2, 0.25) is 0 Å². The van der Waals surface area contributed by atoms with Crippen molar-refractivity contribution in [1.82, 2.24) is 4.98 Å². The zero-order valence-electron chi connectivity index (χ0n) is 8.32. The summed E-state index contributed by atoms with van der Waals surface area (Å²) in [6.07, 6.45) is 1.79. The van der Waals surface area contributed by atoms with Gasteiger partial charge in [-0.3, -0.25) is 4.98 Å². The highest BCUT2D eigenvalue weighted by Crippen LogP contribution is 2.24. The summed E-state index contributed by atoms with van der Waals surface area (Å²) in [5, 5.41) is 5.42. The highest BCUT2D eigenvalue weighted by molar-refractivity contribution is 7.80. The Morgan fingerprint density at radius 2 is 2.20 bits per heavy atom. The maximum absolute atomic E-state index is 5.47. The molecular formula is C11H11N3S. The Kier molecular flexibility index (Phi) is 2.51. The Bertz CT molecular complexity index is 517. The monoisotopic (exact) mass is 217 g/mol. The number of anilines is 1. The van der Waals surface area contributed by atoms with E-state index in [4.69, 9.17) is 18.0 Å². The molecule has 3 N–H and O–H groups in total. The molecule has 15 heavy (non-hydrogen) atoms. The van der Waals surface area contributed by atoms with Gasteiger partial charge < -0.3 is 11.1 Å². The number of pyridine rings is 1. The maximum Gasteiger partial charge on any atom is 0.168 e. The molecule has 4 heteroatoms. The van der Waals surface area contributed by atoms with Crippen LogP contribution in [0.3, 0.4) is 0 Å². The molecule has 0 saturated carbocycles. The largest absolute Gasteiger partial charge is 0.376 e. The molecule has 1 aromatic carbocycles. The van der Waals surface area contributed by atoms with Crippen molar-refractivity contribution in [3.63, 3.8) is 0 Å². The molecule has 0 unspecified atom stereocenters. The summed E-state index contributed by atoms with van der Waals surface area (Å²) in [7, 11) is 0. The normalized spacial score (nSPS) is 10.2. The van der Waals surface area contributed by atoms with Crippen molar-refractivity contribution in [2.24, 2.45) is 5.73 Å². The molecule has 0 spiro atoms. The second-order valence-corrected chi connectivity index (χ2v) is 3.73. The van der Waals surface area contributed by atoms with Crippen LogP contribution in [0, 0.1) is 6.92 Å². The summed E-state index contributed by atoms with van der Waals surface area (Å²) in [4.78, 5) is 4.25. The molecule has 0 aliphatic rings. The zero-order chi connectivity index (χ0) is 10.8. The van der Waals surface area contributed by atoms with Crippen molar-refractivity contribution in [3.8, 4) is 0 Å². The molecule has 0 atom stereocenters. The third-order valence-corrected chi connectivity index (χ3v) is 2.34. The van der Waals surface area contributed by atoms with Gasteiger partial charge >= 0.3 is 0 Å². The van der Waals surface area contributed by atoms with Gasteiger partial charge in [-0.05, 0) is 36.7 Å². The van der Waals surface area contributed by atoms with Crippen molar-refractivity contribution in [1.29, 1.82) is 0 Å². The molecule has 76 valence electrons. The molecule has 0 bridgehead atoms. The molecule has 0 saturated heterocycles. The van der Waals surface area contributed by atoms with Gasteiger partial charge in [0.05, 0.1) is 0 Å². The first-order chi connectivity index (χ1) is 7.18. The van der Waals surface area contributed by atoms with Crippen LogP contribution in [0.1, 0.15) is 5.69 Å². The fourth-order valence-corrected chi connectivity index (χ4v) is 1.75. The van der Waals surface area contributed by atoms with E-state index >= 15 is 0 Å². The van der Waals surface area contributed by atoms with Crippen molar-refractivity contribution in [2.45, 2.75) is 6.92 Å².